The molecule has 0 aromatic heterocycles. The summed E-state index contributed by atoms with van der Waals surface area (Å²) in [5.74, 6) is 0. The predicted octanol–water partition coefficient (Wildman–Crippen LogP) is 5.40. The molecule has 0 aliphatic heterocycles. The van der Waals surface area contributed by atoms with Crippen LogP contribution in [-0.2, 0) is 45.7 Å². The molecular weight excluding hydrogens is 563 g/mol. The number of aliphatic hydroxyl groups is 3. The molecule has 0 saturated heterocycles. The average Bonchev–Trinajstić information content (AvgIpc) is 2.87. The van der Waals surface area contributed by atoms with Gasteiger partial charge in [0.15, 0.2) is 0 Å². The molecule has 4 aromatic rings. The third-order valence-electron chi connectivity index (χ3n) is 3.92. The van der Waals surface area contributed by atoms with E-state index in [0.29, 0.717) is 0 Å². The molecule has 0 spiro atoms. The summed E-state index contributed by atoms with van der Waals surface area (Å²) in [6, 6.07) is 38.4. The molecule has 0 unspecified atom stereocenters. The van der Waals surface area contributed by atoms with Crippen molar-refractivity contribution in [2.24, 2.45) is 0 Å². The van der Waals surface area contributed by atoms with Gasteiger partial charge in [-0.2, -0.15) is 24.6 Å². The van der Waals surface area contributed by atoms with Crippen LogP contribution >= 0.6 is 0 Å². The van der Waals surface area contributed by atoms with Crippen LogP contribution in [0.3, 0.4) is 0 Å². The molecular formula is C28H31HfO3-. The zero-order valence-corrected chi connectivity index (χ0v) is 21.8. The Morgan fingerprint density at radius 2 is 0.625 bits per heavy atom. The van der Waals surface area contributed by atoms with E-state index in [0.717, 1.165) is 22.3 Å². The van der Waals surface area contributed by atoms with E-state index in [1.165, 1.54) is 0 Å². The molecule has 0 saturated carbocycles. The fraction of sp³-hybridized carbons (Fsp3) is 0.107. The van der Waals surface area contributed by atoms with Crippen molar-refractivity contribution in [1.82, 2.24) is 0 Å². The molecule has 4 aromatic carbocycles. The normalized spacial score (nSPS) is 8.72. The smallest absolute Gasteiger partial charge is 0.0681 e. The Morgan fingerprint density at radius 3 is 0.750 bits per heavy atom. The molecule has 0 aliphatic carbocycles. The van der Waals surface area contributed by atoms with E-state index >= 15 is 0 Å². The first-order valence-corrected chi connectivity index (χ1v) is 10.0. The SMILES string of the molecule is OCc1ccccc1.OCc1ccccc1.OCc1ccccc1.[CH2-]c1ccccc1.[Hf]. The summed E-state index contributed by atoms with van der Waals surface area (Å²) < 4.78 is 0. The Morgan fingerprint density at radius 1 is 0.406 bits per heavy atom. The summed E-state index contributed by atoms with van der Waals surface area (Å²) in [6.45, 7) is 4.14. The first kappa shape index (κ1) is 29.5. The minimum Gasteiger partial charge on any atom is -0.392 e. The van der Waals surface area contributed by atoms with Gasteiger partial charge < -0.3 is 15.3 Å². The summed E-state index contributed by atoms with van der Waals surface area (Å²) in [5.41, 5.74) is 3.97. The monoisotopic (exact) mass is 595 g/mol. The van der Waals surface area contributed by atoms with Crippen molar-refractivity contribution in [2.45, 2.75) is 19.8 Å². The summed E-state index contributed by atoms with van der Waals surface area (Å²) in [6.07, 6.45) is 0. The Kier molecular flexibility index (Phi) is 18.8. The third-order valence-corrected chi connectivity index (χ3v) is 3.92. The van der Waals surface area contributed by atoms with Gasteiger partial charge in [-0.15, -0.1) is 12.1 Å². The second-order valence-corrected chi connectivity index (χ2v) is 6.42. The molecule has 0 atom stereocenters. The van der Waals surface area contributed by atoms with Gasteiger partial charge in [0.05, 0.1) is 19.8 Å². The molecule has 0 bridgehead atoms. The largest absolute Gasteiger partial charge is 0.392 e. The van der Waals surface area contributed by atoms with Gasteiger partial charge in [0.25, 0.3) is 0 Å². The van der Waals surface area contributed by atoms with Gasteiger partial charge in [-0.25, -0.2) is 0 Å². The minimum atomic E-state index is 0. The van der Waals surface area contributed by atoms with Crippen LogP contribution in [0.2, 0.25) is 0 Å². The van der Waals surface area contributed by atoms with Crippen LogP contribution in [0.5, 0.6) is 0 Å². The zero-order valence-electron chi connectivity index (χ0n) is 18.2. The fourth-order valence-corrected chi connectivity index (χ4v) is 2.23. The van der Waals surface area contributed by atoms with E-state index in [2.05, 4.69) is 6.92 Å². The van der Waals surface area contributed by atoms with Gasteiger partial charge in [0, 0.05) is 25.8 Å². The maximum absolute atomic E-state index is 8.54. The molecule has 4 heteroatoms. The molecule has 0 heterocycles. The summed E-state index contributed by atoms with van der Waals surface area (Å²) in [4.78, 5) is 0. The van der Waals surface area contributed by atoms with Gasteiger partial charge in [-0.1, -0.05) is 97.1 Å². The van der Waals surface area contributed by atoms with Crippen LogP contribution in [0.15, 0.2) is 121 Å². The summed E-state index contributed by atoms with van der Waals surface area (Å²) in [5, 5.41) is 25.6. The van der Waals surface area contributed by atoms with Gasteiger partial charge >= 0.3 is 0 Å². The summed E-state index contributed by atoms with van der Waals surface area (Å²) >= 11 is 0. The molecule has 0 aliphatic rings. The molecule has 0 fully saturated rings. The molecule has 3 nitrogen and oxygen atoms in total. The van der Waals surface area contributed by atoms with Crippen molar-refractivity contribution in [2.75, 3.05) is 0 Å². The maximum atomic E-state index is 8.54. The molecule has 0 amide bonds. The van der Waals surface area contributed by atoms with E-state index in [1.807, 2.05) is 121 Å². The number of benzene rings is 4. The van der Waals surface area contributed by atoms with Crippen molar-refractivity contribution in [3.05, 3.63) is 151 Å². The van der Waals surface area contributed by atoms with Gasteiger partial charge in [0.1, 0.15) is 0 Å². The fourth-order valence-electron chi connectivity index (χ4n) is 2.23. The molecule has 0 radical (unpaired) electrons. The van der Waals surface area contributed by atoms with Gasteiger partial charge in [-0.3, -0.25) is 0 Å². The number of rotatable bonds is 3. The van der Waals surface area contributed by atoms with E-state index in [1.54, 1.807) is 0 Å². The Balaban J connectivity index is 0.000000397. The van der Waals surface area contributed by atoms with Gasteiger partial charge in [-0.05, 0) is 16.7 Å². The second kappa shape index (κ2) is 20.4. The van der Waals surface area contributed by atoms with Crippen molar-refractivity contribution in [1.29, 1.82) is 0 Å². The molecule has 32 heavy (non-hydrogen) atoms. The molecule has 166 valence electrons. The first-order chi connectivity index (χ1) is 15.2. The van der Waals surface area contributed by atoms with Crippen LogP contribution in [0.25, 0.3) is 0 Å². The van der Waals surface area contributed by atoms with E-state index in [4.69, 9.17) is 15.3 Å². The van der Waals surface area contributed by atoms with Crippen molar-refractivity contribution in [3.63, 3.8) is 0 Å². The Labute approximate surface area is 210 Å². The Hall–Kier alpha value is -2.50. The number of hydrogen-bond acceptors (Lipinski definition) is 3. The number of hydrogen-bond donors (Lipinski definition) is 3. The van der Waals surface area contributed by atoms with Crippen LogP contribution in [0.1, 0.15) is 22.3 Å². The maximum Gasteiger partial charge on any atom is 0.0681 e. The molecule has 3 N–H and O–H groups in total. The second-order valence-electron chi connectivity index (χ2n) is 6.42. The molecule has 4 rings (SSSR count). The summed E-state index contributed by atoms with van der Waals surface area (Å²) in [7, 11) is 0. The standard InChI is InChI=1S/3C7H8O.C7H7.Hf/c3*8-6-7-4-2-1-3-5-7;1-7-5-3-2-4-6-7;/h3*1-5,8H,6H2;2-6H,1H2;/q;;;-1;. The van der Waals surface area contributed by atoms with Crippen LogP contribution in [0, 0.1) is 6.92 Å². The van der Waals surface area contributed by atoms with Crippen LogP contribution < -0.4 is 0 Å². The average molecular weight is 594 g/mol. The van der Waals surface area contributed by atoms with Crippen LogP contribution in [-0.4, -0.2) is 15.3 Å². The number of aliphatic hydroxyl groups excluding tert-OH is 3. The quantitative estimate of drug-likeness (QED) is 0.220. The predicted molar refractivity (Wildman–Crippen MR) is 128 cm³/mol. The van der Waals surface area contributed by atoms with E-state index < -0.39 is 0 Å². The van der Waals surface area contributed by atoms with E-state index in [9.17, 15) is 0 Å². The van der Waals surface area contributed by atoms with Crippen molar-refractivity contribution in [3.8, 4) is 0 Å². The minimum absolute atomic E-state index is 0. The zero-order chi connectivity index (χ0) is 22.6. The van der Waals surface area contributed by atoms with Crippen LogP contribution in [0.4, 0.5) is 0 Å². The van der Waals surface area contributed by atoms with Gasteiger partial charge in [0.2, 0.25) is 0 Å². The first-order valence-electron chi connectivity index (χ1n) is 10.0. The van der Waals surface area contributed by atoms with Crippen molar-refractivity contribution >= 4 is 0 Å². The Bertz CT molecular complexity index is 793. The topological polar surface area (TPSA) is 60.7 Å². The third kappa shape index (κ3) is 15.3. The van der Waals surface area contributed by atoms with Crippen molar-refractivity contribution < 1.29 is 41.2 Å². The van der Waals surface area contributed by atoms with E-state index in [-0.39, 0.29) is 45.7 Å².